The molecule has 0 fully saturated rings. The molecule has 0 saturated heterocycles. The van der Waals surface area contributed by atoms with Crippen LogP contribution in [0.3, 0.4) is 0 Å². The zero-order chi connectivity index (χ0) is 22.3. The summed E-state index contributed by atoms with van der Waals surface area (Å²) in [5.41, 5.74) is 2.50. The maximum Gasteiger partial charge on any atom is 0.163 e. The van der Waals surface area contributed by atoms with Crippen LogP contribution in [0.5, 0.6) is 11.5 Å². The van der Waals surface area contributed by atoms with Crippen molar-refractivity contribution in [2.45, 2.75) is 38.5 Å². The van der Waals surface area contributed by atoms with Crippen molar-refractivity contribution < 1.29 is 13.7 Å². The summed E-state index contributed by atoms with van der Waals surface area (Å²) in [5, 5.41) is 0.423. The second kappa shape index (κ2) is 8.29. The van der Waals surface area contributed by atoms with Gasteiger partial charge in [-0.05, 0) is 31.6 Å². The van der Waals surface area contributed by atoms with Crippen LogP contribution < -0.4 is 9.47 Å². The molecule has 3 rings (SSSR count). The van der Waals surface area contributed by atoms with Gasteiger partial charge in [-0.3, -0.25) is 4.57 Å². The van der Waals surface area contributed by atoms with Gasteiger partial charge in [-0.1, -0.05) is 32.4 Å². The fourth-order valence-corrected chi connectivity index (χ4v) is 4.37. The number of halogens is 1. The van der Waals surface area contributed by atoms with Gasteiger partial charge >= 0.3 is 0 Å². The molecule has 1 aromatic carbocycles. The van der Waals surface area contributed by atoms with E-state index in [-0.39, 0.29) is 10.9 Å². The smallest absolute Gasteiger partial charge is 0.163 e. The first-order valence-electron chi connectivity index (χ1n) is 9.65. The monoisotopic (exact) mass is 451 g/mol. The van der Waals surface area contributed by atoms with Gasteiger partial charge in [-0.25, -0.2) is 9.97 Å². The highest BCUT2D eigenvalue weighted by Gasteiger charge is 2.31. The van der Waals surface area contributed by atoms with E-state index in [0.717, 1.165) is 16.6 Å². The maximum atomic E-state index is 6.58. The standard InChI is InChI=1S/C22H30ClN3O3S/c1-14(29-30(7,8)22(2,3)4)15-9-10-20(25-21(15)23)26-13-24-16-11-18(27-5)19(28-6)12-17(16)26/h9-14H,1-8H3. The minimum absolute atomic E-state index is 0.0664. The molecule has 0 saturated carbocycles. The van der Waals surface area contributed by atoms with Crippen LogP contribution in [-0.4, -0.2) is 46.0 Å². The van der Waals surface area contributed by atoms with Gasteiger partial charge in [-0.2, -0.15) is 0 Å². The van der Waals surface area contributed by atoms with E-state index in [1.165, 1.54) is 0 Å². The Labute approximate surface area is 185 Å². The Hall–Kier alpha value is -1.96. The topological polar surface area (TPSA) is 58.4 Å². The molecule has 8 heteroatoms. The fourth-order valence-electron chi connectivity index (χ4n) is 2.95. The van der Waals surface area contributed by atoms with Crippen LogP contribution in [0.4, 0.5) is 0 Å². The van der Waals surface area contributed by atoms with Gasteiger partial charge in [0.2, 0.25) is 0 Å². The van der Waals surface area contributed by atoms with Crippen molar-refractivity contribution in [2.75, 3.05) is 26.7 Å². The molecule has 0 spiro atoms. The van der Waals surface area contributed by atoms with Gasteiger partial charge in [0, 0.05) is 22.4 Å². The van der Waals surface area contributed by atoms with E-state index in [4.69, 9.17) is 25.3 Å². The summed E-state index contributed by atoms with van der Waals surface area (Å²) in [5.74, 6) is 1.93. The van der Waals surface area contributed by atoms with Crippen LogP contribution in [0.15, 0.2) is 30.6 Å². The number of hydrogen-bond acceptors (Lipinski definition) is 5. The molecule has 0 N–H and O–H groups in total. The lowest BCUT2D eigenvalue weighted by molar-refractivity contribution is 0.253. The summed E-state index contributed by atoms with van der Waals surface area (Å²) in [6, 6.07) is 7.62. The molecule has 0 bridgehead atoms. The lowest BCUT2D eigenvalue weighted by Crippen LogP contribution is -2.26. The molecule has 2 heterocycles. The molecule has 2 aromatic heterocycles. The first-order chi connectivity index (χ1) is 14.0. The van der Waals surface area contributed by atoms with Crippen molar-refractivity contribution in [3.63, 3.8) is 0 Å². The molecule has 0 aliphatic rings. The zero-order valence-electron chi connectivity index (χ0n) is 18.8. The number of ether oxygens (including phenoxy) is 2. The van der Waals surface area contributed by atoms with E-state index in [1.54, 1.807) is 20.5 Å². The number of nitrogens with zero attached hydrogens (tertiary/aromatic N) is 3. The quantitative estimate of drug-likeness (QED) is 0.433. The summed E-state index contributed by atoms with van der Waals surface area (Å²) >= 11 is 6.58. The summed E-state index contributed by atoms with van der Waals surface area (Å²) in [7, 11) is 1.93. The molecule has 30 heavy (non-hydrogen) atoms. The van der Waals surface area contributed by atoms with Crippen molar-refractivity contribution >= 4 is 32.9 Å². The van der Waals surface area contributed by atoms with E-state index in [1.807, 2.05) is 35.8 Å². The molecule has 3 aromatic rings. The zero-order valence-corrected chi connectivity index (χ0v) is 20.4. The Bertz CT molecular complexity index is 1060. The fraction of sp³-hybridized carbons (Fsp3) is 0.455. The van der Waals surface area contributed by atoms with Crippen LogP contribution in [0.25, 0.3) is 16.9 Å². The largest absolute Gasteiger partial charge is 0.493 e. The summed E-state index contributed by atoms with van der Waals surface area (Å²) in [6.07, 6.45) is 5.92. The molecule has 0 aliphatic carbocycles. The van der Waals surface area contributed by atoms with E-state index < -0.39 is 10.3 Å². The number of imidazole rings is 1. The number of rotatable bonds is 6. The van der Waals surface area contributed by atoms with Crippen LogP contribution >= 0.6 is 21.9 Å². The van der Waals surface area contributed by atoms with Crippen molar-refractivity contribution in [1.29, 1.82) is 0 Å². The molecule has 6 nitrogen and oxygen atoms in total. The molecule has 0 radical (unpaired) electrons. The molecule has 0 amide bonds. The van der Waals surface area contributed by atoms with Crippen LogP contribution in [0.2, 0.25) is 5.15 Å². The highest BCUT2D eigenvalue weighted by Crippen LogP contribution is 2.56. The third kappa shape index (κ3) is 4.24. The van der Waals surface area contributed by atoms with E-state index in [0.29, 0.717) is 22.5 Å². The molecular formula is C22H30ClN3O3S. The normalized spacial score (nSPS) is 14.0. The van der Waals surface area contributed by atoms with Gasteiger partial charge in [0.25, 0.3) is 0 Å². The van der Waals surface area contributed by atoms with Gasteiger partial charge in [0.15, 0.2) is 11.5 Å². The van der Waals surface area contributed by atoms with Gasteiger partial charge in [0.05, 0.1) is 31.4 Å². The first-order valence-corrected chi connectivity index (χ1v) is 12.4. The van der Waals surface area contributed by atoms with Crippen molar-refractivity contribution in [2.24, 2.45) is 0 Å². The second-order valence-electron chi connectivity index (χ2n) is 8.44. The van der Waals surface area contributed by atoms with Crippen molar-refractivity contribution in [1.82, 2.24) is 14.5 Å². The molecule has 1 atom stereocenters. The predicted molar refractivity (Wildman–Crippen MR) is 126 cm³/mol. The lowest BCUT2D eigenvalue weighted by atomic mass is 10.2. The van der Waals surface area contributed by atoms with E-state index in [9.17, 15) is 0 Å². The Kier molecular flexibility index (Phi) is 6.28. The number of methoxy groups -OCH3 is 2. The highest BCUT2D eigenvalue weighted by molar-refractivity contribution is 8.29. The number of hydrogen-bond donors (Lipinski definition) is 0. The Balaban J connectivity index is 1.96. The van der Waals surface area contributed by atoms with Crippen LogP contribution in [-0.2, 0) is 4.18 Å². The molecular weight excluding hydrogens is 422 g/mol. The van der Waals surface area contributed by atoms with Crippen molar-refractivity contribution in [3.05, 3.63) is 41.3 Å². The number of pyridine rings is 1. The average molecular weight is 452 g/mol. The maximum absolute atomic E-state index is 6.58. The number of fused-ring (bicyclic) bond motifs is 1. The van der Waals surface area contributed by atoms with Gasteiger partial charge < -0.3 is 13.7 Å². The average Bonchev–Trinajstić information content (AvgIpc) is 3.08. The third-order valence-electron chi connectivity index (χ3n) is 5.46. The molecule has 0 aliphatic heterocycles. The SMILES string of the molecule is COc1cc2ncn(-c3ccc(C(C)OS(C)(C)C(C)(C)C)c(Cl)n3)c2cc1OC. The first kappa shape index (κ1) is 22.7. The minimum Gasteiger partial charge on any atom is -0.493 e. The number of benzene rings is 1. The van der Waals surface area contributed by atoms with E-state index in [2.05, 4.69) is 43.3 Å². The molecule has 164 valence electrons. The second-order valence-corrected chi connectivity index (χ2v) is 12.7. The predicted octanol–water partition coefficient (Wildman–Crippen LogP) is 5.95. The Morgan fingerprint density at radius 3 is 2.27 bits per heavy atom. The van der Waals surface area contributed by atoms with Gasteiger partial charge in [-0.15, -0.1) is 10.3 Å². The number of aromatic nitrogens is 3. The minimum atomic E-state index is -1.29. The van der Waals surface area contributed by atoms with Crippen molar-refractivity contribution in [3.8, 4) is 17.3 Å². The summed E-state index contributed by atoms with van der Waals surface area (Å²) in [4.78, 5) is 9.09. The Morgan fingerprint density at radius 1 is 1.07 bits per heavy atom. The van der Waals surface area contributed by atoms with E-state index >= 15 is 0 Å². The molecule has 1 unspecified atom stereocenters. The highest BCUT2D eigenvalue weighted by atomic mass is 35.5. The summed E-state index contributed by atoms with van der Waals surface area (Å²) < 4.78 is 19.2. The van der Waals surface area contributed by atoms with Gasteiger partial charge in [0.1, 0.15) is 17.3 Å². The lowest BCUT2D eigenvalue weighted by Gasteiger charge is -2.45. The van der Waals surface area contributed by atoms with Crippen LogP contribution in [0, 0.1) is 0 Å². The van der Waals surface area contributed by atoms with Crippen LogP contribution in [0.1, 0.15) is 39.4 Å². The third-order valence-corrected chi connectivity index (χ3v) is 9.48. The summed E-state index contributed by atoms with van der Waals surface area (Å²) in [6.45, 7) is 8.62. The Morgan fingerprint density at radius 2 is 1.70 bits per heavy atom.